The fourth-order valence-electron chi connectivity index (χ4n) is 4.77. The number of carbonyl (C=O) groups is 2. The van der Waals surface area contributed by atoms with Crippen molar-refractivity contribution in [1.29, 1.82) is 10.8 Å². The van der Waals surface area contributed by atoms with Gasteiger partial charge >= 0.3 is 0 Å². The standard InChI is InChI=1S/C31H37ClFN11O3/c1-2-18-16-19(5-6-20(18)29(45)39-11-12-40-30(46)22(35)4-3-10-41-31(36)37)43-27-28-42-17-23(44(28)14-13-38-27)21-7-8-24(47-15-9-34)26(33)25(21)32/h5-9,13-14,16-17,22,34H,2-4,10-12,15,35H2,1H3,(H,38,43)(H,39,45)(H,40,46)(H4,36,37,41)/t22-/m0/s1. The summed E-state index contributed by atoms with van der Waals surface area (Å²) in [6, 6.07) is 7.69. The number of nitrogens with two attached hydrogens (primary N) is 2. The smallest absolute Gasteiger partial charge is 0.251 e. The van der Waals surface area contributed by atoms with Gasteiger partial charge in [0, 0.05) is 55.1 Å². The first kappa shape index (κ1) is 34.6. The van der Waals surface area contributed by atoms with Crippen molar-refractivity contribution in [3.05, 3.63) is 70.9 Å². The average Bonchev–Trinajstić information content (AvgIpc) is 3.50. The van der Waals surface area contributed by atoms with Crippen molar-refractivity contribution in [2.45, 2.75) is 32.2 Å². The van der Waals surface area contributed by atoms with E-state index < -0.39 is 11.9 Å². The quantitative estimate of drug-likeness (QED) is 0.0500. The monoisotopic (exact) mass is 665 g/mol. The van der Waals surface area contributed by atoms with Crippen molar-refractivity contribution in [2.24, 2.45) is 11.5 Å². The fourth-order valence-corrected chi connectivity index (χ4v) is 5.02. The van der Waals surface area contributed by atoms with Gasteiger partial charge in [0.1, 0.15) is 6.61 Å². The molecular weight excluding hydrogens is 629 g/mol. The number of imidazole rings is 1. The van der Waals surface area contributed by atoms with Crippen LogP contribution in [0.4, 0.5) is 15.9 Å². The summed E-state index contributed by atoms with van der Waals surface area (Å²) in [5.74, 6) is -1.08. The highest BCUT2D eigenvalue weighted by Gasteiger charge is 2.19. The molecule has 0 aliphatic rings. The highest BCUT2D eigenvalue weighted by molar-refractivity contribution is 6.33. The Bertz CT molecular complexity index is 1760. The molecule has 16 heteroatoms. The number of nitrogens with zero attached hydrogens (tertiary/aromatic N) is 3. The van der Waals surface area contributed by atoms with E-state index in [1.54, 1.807) is 41.2 Å². The molecular formula is C31H37ClFN11O3. The minimum absolute atomic E-state index is 0.0525. The number of benzene rings is 2. The van der Waals surface area contributed by atoms with Crippen molar-refractivity contribution in [3.63, 3.8) is 0 Å². The van der Waals surface area contributed by atoms with Crippen LogP contribution in [0.3, 0.4) is 0 Å². The van der Waals surface area contributed by atoms with E-state index in [9.17, 15) is 14.0 Å². The number of hydrogen-bond acceptors (Lipinski definition) is 9. The molecule has 248 valence electrons. The molecule has 10 N–H and O–H groups in total. The molecule has 0 bridgehead atoms. The second kappa shape index (κ2) is 16.3. The fraction of sp³-hybridized carbons (Fsp3) is 0.290. The Labute approximate surface area is 275 Å². The number of nitrogens with one attached hydrogen (secondary N) is 6. The zero-order chi connectivity index (χ0) is 33.9. The molecule has 2 aromatic heterocycles. The third-order valence-electron chi connectivity index (χ3n) is 7.12. The summed E-state index contributed by atoms with van der Waals surface area (Å²) in [4.78, 5) is 34.1. The molecule has 0 spiro atoms. The number of anilines is 2. The molecule has 14 nitrogen and oxygen atoms in total. The van der Waals surface area contributed by atoms with E-state index in [0.29, 0.717) is 59.8 Å². The Kier molecular flexibility index (Phi) is 12.0. The number of carbonyl (C=O) groups excluding carboxylic acids is 2. The van der Waals surface area contributed by atoms with E-state index in [4.69, 9.17) is 38.6 Å². The molecule has 4 rings (SSSR count). The lowest BCUT2D eigenvalue weighted by Crippen LogP contribution is -2.44. The van der Waals surface area contributed by atoms with Gasteiger partial charge in [-0.25, -0.2) is 14.4 Å². The molecule has 0 aliphatic carbocycles. The molecule has 2 heterocycles. The number of guanidine groups is 1. The highest BCUT2D eigenvalue weighted by Crippen LogP contribution is 2.36. The molecule has 0 saturated heterocycles. The van der Waals surface area contributed by atoms with Crippen LogP contribution in [-0.4, -0.2) is 70.6 Å². The molecule has 0 aliphatic heterocycles. The van der Waals surface area contributed by atoms with E-state index in [2.05, 4.69) is 31.2 Å². The van der Waals surface area contributed by atoms with E-state index in [0.717, 1.165) is 11.8 Å². The van der Waals surface area contributed by atoms with Crippen molar-refractivity contribution < 1.29 is 18.7 Å². The summed E-state index contributed by atoms with van der Waals surface area (Å²) >= 11 is 6.36. The highest BCUT2D eigenvalue weighted by atomic mass is 35.5. The van der Waals surface area contributed by atoms with Gasteiger partial charge in [-0.1, -0.05) is 18.5 Å². The molecule has 4 aromatic rings. The number of rotatable bonds is 16. The maximum atomic E-state index is 14.9. The number of amides is 2. The van der Waals surface area contributed by atoms with Gasteiger partial charge < -0.3 is 42.9 Å². The zero-order valence-corrected chi connectivity index (χ0v) is 26.5. The SMILES string of the molecule is CCc1cc(Nc2nccn3c(-c4ccc(OCC=N)c(F)c4Cl)cnc23)ccc1C(=O)NCCNC(=O)[C@@H](N)CCCNC(=N)N. The first-order valence-corrected chi connectivity index (χ1v) is 15.2. The number of aromatic nitrogens is 3. The third kappa shape index (κ3) is 8.71. The van der Waals surface area contributed by atoms with E-state index in [1.807, 2.05) is 13.0 Å². The lowest BCUT2D eigenvalue weighted by Gasteiger charge is -2.14. The van der Waals surface area contributed by atoms with Gasteiger partial charge in [-0.3, -0.25) is 19.4 Å². The zero-order valence-electron chi connectivity index (χ0n) is 25.7. The maximum Gasteiger partial charge on any atom is 0.251 e. The Morgan fingerprint density at radius 3 is 2.68 bits per heavy atom. The number of ether oxygens (including phenoxy) is 1. The van der Waals surface area contributed by atoms with Gasteiger partial charge in [-0.05, 0) is 55.2 Å². The maximum absolute atomic E-state index is 14.9. The van der Waals surface area contributed by atoms with Crippen LogP contribution in [0.15, 0.2) is 48.9 Å². The van der Waals surface area contributed by atoms with E-state index in [-0.39, 0.29) is 48.2 Å². The van der Waals surface area contributed by atoms with E-state index in [1.165, 1.54) is 6.07 Å². The van der Waals surface area contributed by atoms with Gasteiger partial charge in [-0.2, -0.15) is 0 Å². The van der Waals surface area contributed by atoms with Crippen molar-refractivity contribution in [1.82, 2.24) is 30.3 Å². The molecule has 47 heavy (non-hydrogen) atoms. The predicted molar refractivity (Wildman–Crippen MR) is 179 cm³/mol. The lowest BCUT2D eigenvalue weighted by molar-refractivity contribution is -0.122. The first-order chi connectivity index (χ1) is 22.6. The summed E-state index contributed by atoms with van der Waals surface area (Å²) in [6.07, 6.45) is 7.43. The van der Waals surface area contributed by atoms with Crippen LogP contribution < -0.4 is 37.5 Å². The van der Waals surface area contributed by atoms with E-state index >= 15 is 0 Å². The van der Waals surface area contributed by atoms with Crippen LogP contribution in [-0.2, 0) is 11.2 Å². The molecule has 0 fully saturated rings. The average molecular weight is 666 g/mol. The Hall–Kier alpha value is -5.28. The van der Waals surface area contributed by atoms with Crippen LogP contribution in [0.25, 0.3) is 16.9 Å². The van der Waals surface area contributed by atoms with Gasteiger partial charge in [0.15, 0.2) is 29.0 Å². The Morgan fingerprint density at radius 2 is 1.94 bits per heavy atom. The third-order valence-corrected chi connectivity index (χ3v) is 7.49. The molecule has 1 atom stereocenters. The minimum atomic E-state index is -0.731. The van der Waals surface area contributed by atoms with Gasteiger partial charge in [0.25, 0.3) is 5.91 Å². The lowest BCUT2D eigenvalue weighted by atomic mass is 10.0. The van der Waals surface area contributed by atoms with Gasteiger partial charge in [-0.15, -0.1) is 0 Å². The normalized spacial score (nSPS) is 11.5. The minimum Gasteiger partial charge on any atom is -0.485 e. The molecule has 2 amide bonds. The van der Waals surface area contributed by atoms with Gasteiger partial charge in [0.2, 0.25) is 5.91 Å². The van der Waals surface area contributed by atoms with Crippen LogP contribution in [0, 0.1) is 16.6 Å². The van der Waals surface area contributed by atoms with Crippen LogP contribution >= 0.6 is 11.6 Å². The summed E-state index contributed by atoms with van der Waals surface area (Å²) < 4.78 is 21.8. The second-order valence-electron chi connectivity index (χ2n) is 10.4. The van der Waals surface area contributed by atoms with Crippen molar-refractivity contribution >= 4 is 52.7 Å². The Morgan fingerprint density at radius 1 is 1.15 bits per heavy atom. The van der Waals surface area contributed by atoms with Crippen molar-refractivity contribution in [3.8, 4) is 17.0 Å². The predicted octanol–water partition coefficient (Wildman–Crippen LogP) is 2.96. The summed E-state index contributed by atoms with van der Waals surface area (Å²) in [7, 11) is 0. The number of aryl methyl sites for hydroxylation is 1. The second-order valence-corrected chi connectivity index (χ2v) is 10.7. The molecule has 0 radical (unpaired) electrons. The first-order valence-electron chi connectivity index (χ1n) is 14.9. The summed E-state index contributed by atoms with van der Waals surface area (Å²) in [6.45, 7) is 2.75. The van der Waals surface area contributed by atoms with Crippen LogP contribution in [0.1, 0.15) is 35.7 Å². The Balaban J connectivity index is 1.39. The topological polar surface area (TPSA) is 221 Å². The van der Waals surface area contributed by atoms with Crippen LogP contribution in [0.5, 0.6) is 5.75 Å². The number of halogens is 2. The van der Waals surface area contributed by atoms with Crippen molar-refractivity contribution in [2.75, 3.05) is 31.6 Å². The molecule has 2 aromatic carbocycles. The largest absolute Gasteiger partial charge is 0.485 e. The van der Waals surface area contributed by atoms with Crippen LogP contribution in [0.2, 0.25) is 5.02 Å². The number of hydrogen-bond donors (Lipinski definition) is 8. The number of fused-ring (bicyclic) bond motifs is 1. The molecule has 0 unspecified atom stereocenters. The summed E-state index contributed by atoms with van der Waals surface area (Å²) in [5, 5.41) is 25.5. The molecule has 0 saturated carbocycles. The van der Waals surface area contributed by atoms with Gasteiger partial charge in [0.05, 0.1) is 23.0 Å². The summed E-state index contributed by atoms with van der Waals surface area (Å²) in [5.41, 5.74) is 14.5.